The number of hydrogen-bond acceptors (Lipinski definition) is 3. The predicted molar refractivity (Wildman–Crippen MR) is 88.9 cm³/mol. The molecule has 0 spiro atoms. The molecule has 1 saturated heterocycles. The quantitative estimate of drug-likeness (QED) is 0.830. The van der Waals surface area contributed by atoms with Gasteiger partial charge in [0.1, 0.15) is 5.82 Å². The van der Waals surface area contributed by atoms with E-state index in [4.69, 9.17) is 0 Å². The van der Waals surface area contributed by atoms with Crippen LogP contribution in [0.5, 0.6) is 0 Å². The summed E-state index contributed by atoms with van der Waals surface area (Å²) in [6.45, 7) is 5.48. The van der Waals surface area contributed by atoms with E-state index < -0.39 is 0 Å². The van der Waals surface area contributed by atoms with Crippen LogP contribution in [0.1, 0.15) is 11.3 Å². The summed E-state index contributed by atoms with van der Waals surface area (Å²) < 4.78 is 14.7. The van der Waals surface area contributed by atoms with Gasteiger partial charge >= 0.3 is 0 Å². The predicted octanol–water partition coefficient (Wildman–Crippen LogP) is 3.30. The molecule has 5 heteroatoms. The third-order valence-electron chi connectivity index (χ3n) is 3.99. The monoisotopic (exact) mass is 363 g/mol. The van der Waals surface area contributed by atoms with E-state index in [-0.39, 0.29) is 5.82 Å². The molecule has 3 rings (SSSR count). The van der Waals surface area contributed by atoms with Crippen LogP contribution in [0.2, 0.25) is 0 Å². The van der Waals surface area contributed by atoms with E-state index in [0.717, 1.165) is 37.2 Å². The summed E-state index contributed by atoms with van der Waals surface area (Å²) in [6, 6.07) is 11.6. The third kappa shape index (κ3) is 4.12. The summed E-state index contributed by atoms with van der Waals surface area (Å²) in [5, 5.41) is 0. The summed E-state index contributed by atoms with van der Waals surface area (Å²) in [5.74, 6) is -0.209. The molecule has 116 valence electrons. The summed E-state index contributed by atoms with van der Waals surface area (Å²) in [7, 11) is 0. The molecule has 1 aromatic carbocycles. The van der Waals surface area contributed by atoms with Crippen LogP contribution < -0.4 is 0 Å². The zero-order valence-corrected chi connectivity index (χ0v) is 14.0. The Labute approximate surface area is 138 Å². The number of rotatable bonds is 4. The molecule has 3 nitrogen and oxygen atoms in total. The number of aromatic nitrogens is 1. The molecule has 0 aliphatic carbocycles. The minimum absolute atomic E-state index is 0.209. The van der Waals surface area contributed by atoms with Crippen molar-refractivity contribution in [2.45, 2.75) is 13.1 Å². The molecule has 1 fully saturated rings. The van der Waals surface area contributed by atoms with Crippen molar-refractivity contribution in [3.05, 3.63) is 64.1 Å². The Hall–Kier alpha value is -1.30. The Bertz CT molecular complexity index is 610. The standard InChI is InChI=1S/C17H19BrFN3/c18-15-5-3-14(4-6-15)12-21-8-10-22(11-9-21)13-17-16(19)2-1-7-20-17/h1-7H,8-13H2. The van der Waals surface area contributed by atoms with E-state index in [9.17, 15) is 4.39 Å². The smallest absolute Gasteiger partial charge is 0.146 e. The minimum atomic E-state index is -0.209. The Balaban J connectivity index is 1.50. The van der Waals surface area contributed by atoms with Gasteiger partial charge in [0, 0.05) is 49.9 Å². The van der Waals surface area contributed by atoms with E-state index in [1.165, 1.54) is 11.6 Å². The molecule has 2 heterocycles. The van der Waals surface area contributed by atoms with Crippen LogP contribution in [0.15, 0.2) is 47.1 Å². The van der Waals surface area contributed by atoms with E-state index in [1.54, 1.807) is 12.3 Å². The maximum absolute atomic E-state index is 13.6. The van der Waals surface area contributed by atoms with E-state index in [2.05, 4.69) is 55.0 Å². The first kappa shape index (κ1) is 15.6. The van der Waals surface area contributed by atoms with Crippen molar-refractivity contribution >= 4 is 15.9 Å². The summed E-state index contributed by atoms with van der Waals surface area (Å²) >= 11 is 3.46. The van der Waals surface area contributed by atoms with Crippen LogP contribution in [-0.4, -0.2) is 41.0 Å². The van der Waals surface area contributed by atoms with Gasteiger partial charge in [0.05, 0.1) is 5.69 Å². The van der Waals surface area contributed by atoms with Gasteiger partial charge in [0.25, 0.3) is 0 Å². The summed E-state index contributed by atoms with van der Waals surface area (Å²) in [6.07, 6.45) is 1.65. The molecule has 1 aromatic heterocycles. The summed E-state index contributed by atoms with van der Waals surface area (Å²) in [5.41, 5.74) is 1.87. The van der Waals surface area contributed by atoms with E-state index >= 15 is 0 Å². The lowest BCUT2D eigenvalue weighted by Gasteiger charge is -2.34. The maximum Gasteiger partial charge on any atom is 0.146 e. The van der Waals surface area contributed by atoms with Crippen molar-refractivity contribution in [3.8, 4) is 0 Å². The number of pyridine rings is 1. The maximum atomic E-state index is 13.6. The van der Waals surface area contributed by atoms with Crippen LogP contribution in [0, 0.1) is 5.82 Å². The Morgan fingerprint density at radius 3 is 2.23 bits per heavy atom. The van der Waals surface area contributed by atoms with Crippen molar-refractivity contribution in [1.82, 2.24) is 14.8 Å². The lowest BCUT2D eigenvalue weighted by molar-refractivity contribution is 0.120. The Morgan fingerprint density at radius 2 is 1.59 bits per heavy atom. The lowest BCUT2D eigenvalue weighted by atomic mass is 10.2. The van der Waals surface area contributed by atoms with Gasteiger partial charge in [0.15, 0.2) is 0 Å². The number of piperazine rings is 1. The van der Waals surface area contributed by atoms with Gasteiger partial charge in [-0.1, -0.05) is 28.1 Å². The molecule has 0 unspecified atom stereocenters. The van der Waals surface area contributed by atoms with E-state index in [1.807, 2.05) is 0 Å². The molecule has 0 atom stereocenters. The zero-order chi connectivity index (χ0) is 15.4. The van der Waals surface area contributed by atoms with Gasteiger partial charge in [-0.3, -0.25) is 14.8 Å². The topological polar surface area (TPSA) is 19.4 Å². The van der Waals surface area contributed by atoms with Gasteiger partial charge in [-0.25, -0.2) is 4.39 Å². The molecule has 0 amide bonds. The highest BCUT2D eigenvalue weighted by Crippen LogP contribution is 2.14. The molecule has 0 radical (unpaired) electrons. The third-order valence-corrected chi connectivity index (χ3v) is 4.52. The number of nitrogens with zero attached hydrogens (tertiary/aromatic N) is 3. The average molecular weight is 364 g/mol. The van der Waals surface area contributed by atoms with Crippen LogP contribution in [0.25, 0.3) is 0 Å². The fourth-order valence-corrected chi connectivity index (χ4v) is 2.96. The zero-order valence-electron chi connectivity index (χ0n) is 12.4. The van der Waals surface area contributed by atoms with Crippen molar-refractivity contribution < 1.29 is 4.39 Å². The van der Waals surface area contributed by atoms with E-state index in [0.29, 0.717) is 12.2 Å². The molecular weight excluding hydrogens is 345 g/mol. The number of hydrogen-bond donors (Lipinski definition) is 0. The minimum Gasteiger partial charge on any atom is -0.297 e. The molecule has 2 aromatic rings. The second-order valence-corrected chi connectivity index (χ2v) is 6.53. The first-order valence-corrected chi connectivity index (χ1v) is 8.28. The first-order valence-electron chi connectivity index (χ1n) is 7.49. The molecule has 1 aliphatic rings. The first-order chi connectivity index (χ1) is 10.7. The fourth-order valence-electron chi connectivity index (χ4n) is 2.70. The molecule has 22 heavy (non-hydrogen) atoms. The second kappa shape index (κ2) is 7.31. The van der Waals surface area contributed by atoms with Gasteiger partial charge in [0.2, 0.25) is 0 Å². The van der Waals surface area contributed by atoms with Gasteiger partial charge in [-0.2, -0.15) is 0 Å². The van der Waals surface area contributed by atoms with Crippen molar-refractivity contribution in [1.29, 1.82) is 0 Å². The molecule has 0 N–H and O–H groups in total. The van der Waals surface area contributed by atoms with Crippen LogP contribution >= 0.6 is 15.9 Å². The van der Waals surface area contributed by atoms with Crippen LogP contribution in [0.4, 0.5) is 4.39 Å². The molecule has 0 bridgehead atoms. The summed E-state index contributed by atoms with van der Waals surface area (Å²) in [4.78, 5) is 8.84. The normalized spacial score (nSPS) is 16.8. The Morgan fingerprint density at radius 1 is 0.955 bits per heavy atom. The highest BCUT2D eigenvalue weighted by Gasteiger charge is 2.18. The fraction of sp³-hybridized carbons (Fsp3) is 0.353. The molecule has 1 aliphatic heterocycles. The largest absolute Gasteiger partial charge is 0.297 e. The number of benzene rings is 1. The second-order valence-electron chi connectivity index (χ2n) is 5.61. The van der Waals surface area contributed by atoms with Gasteiger partial charge in [-0.15, -0.1) is 0 Å². The van der Waals surface area contributed by atoms with Crippen LogP contribution in [-0.2, 0) is 13.1 Å². The van der Waals surface area contributed by atoms with Crippen molar-refractivity contribution in [3.63, 3.8) is 0 Å². The highest BCUT2D eigenvalue weighted by atomic mass is 79.9. The Kier molecular flexibility index (Phi) is 5.18. The SMILES string of the molecule is Fc1cccnc1CN1CCN(Cc2ccc(Br)cc2)CC1. The lowest BCUT2D eigenvalue weighted by Crippen LogP contribution is -2.45. The number of halogens is 2. The van der Waals surface area contributed by atoms with Crippen LogP contribution in [0.3, 0.4) is 0 Å². The molecular formula is C17H19BrFN3. The highest BCUT2D eigenvalue weighted by molar-refractivity contribution is 9.10. The van der Waals surface area contributed by atoms with Crippen molar-refractivity contribution in [2.24, 2.45) is 0 Å². The van der Waals surface area contributed by atoms with Gasteiger partial charge < -0.3 is 0 Å². The molecule has 0 saturated carbocycles. The van der Waals surface area contributed by atoms with Gasteiger partial charge in [-0.05, 0) is 29.8 Å². The average Bonchev–Trinajstić information content (AvgIpc) is 2.54. The van der Waals surface area contributed by atoms with Crippen molar-refractivity contribution in [2.75, 3.05) is 26.2 Å².